The maximum Gasteiger partial charge on any atom is 0.263 e. The number of nitrogens with zero attached hydrogens (tertiary/aromatic N) is 1. The first-order valence-corrected chi connectivity index (χ1v) is 7.42. The molecule has 1 aromatic carbocycles. The first kappa shape index (κ1) is 13.4. The Morgan fingerprint density at radius 1 is 1.40 bits per heavy atom. The summed E-state index contributed by atoms with van der Waals surface area (Å²) in [6.45, 7) is 3.50. The number of likely N-dealkylation sites (tertiary alicyclic amines) is 1. The van der Waals surface area contributed by atoms with E-state index in [1.807, 2.05) is 30.0 Å². The lowest BCUT2D eigenvalue weighted by molar-refractivity contribution is -0.136. The second-order valence-corrected chi connectivity index (χ2v) is 5.67. The summed E-state index contributed by atoms with van der Waals surface area (Å²) >= 11 is 0. The third-order valence-corrected chi connectivity index (χ3v) is 4.27. The largest absolute Gasteiger partial charge is 0.481 e. The Balaban J connectivity index is 1.73. The third-order valence-electron chi connectivity index (χ3n) is 4.27. The van der Waals surface area contributed by atoms with E-state index in [1.165, 1.54) is 0 Å². The zero-order valence-electron chi connectivity index (χ0n) is 11.8. The van der Waals surface area contributed by atoms with E-state index < -0.39 is 12.2 Å². The number of benzene rings is 1. The molecule has 1 amide bonds. The summed E-state index contributed by atoms with van der Waals surface area (Å²) in [6.07, 6.45) is 2.88. The molecule has 2 unspecified atom stereocenters. The van der Waals surface area contributed by atoms with Crippen LogP contribution in [0.5, 0.6) is 5.75 Å². The number of ether oxygens (including phenoxy) is 1. The quantitative estimate of drug-likeness (QED) is 0.918. The third kappa shape index (κ3) is 2.40. The van der Waals surface area contributed by atoms with Crippen molar-refractivity contribution < 1.29 is 14.6 Å². The van der Waals surface area contributed by atoms with Gasteiger partial charge in [-0.3, -0.25) is 4.79 Å². The van der Waals surface area contributed by atoms with Crippen LogP contribution in [0.2, 0.25) is 0 Å². The lowest BCUT2D eigenvalue weighted by Crippen LogP contribution is -2.38. The van der Waals surface area contributed by atoms with Crippen LogP contribution >= 0.6 is 0 Å². The summed E-state index contributed by atoms with van der Waals surface area (Å²) in [5, 5.41) is 9.89. The van der Waals surface area contributed by atoms with Crippen LogP contribution in [0.1, 0.15) is 43.4 Å². The molecule has 1 N–H and O–H groups in total. The zero-order valence-corrected chi connectivity index (χ0v) is 11.8. The Morgan fingerprint density at radius 3 is 2.90 bits per heavy atom. The highest BCUT2D eigenvalue weighted by Crippen LogP contribution is 2.37. The molecule has 20 heavy (non-hydrogen) atoms. The minimum absolute atomic E-state index is 0.0682. The zero-order chi connectivity index (χ0) is 14.1. The van der Waals surface area contributed by atoms with Crippen molar-refractivity contribution >= 4 is 5.91 Å². The van der Waals surface area contributed by atoms with Crippen molar-refractivity contribution in [3.63, 3.8) is 0 Å². The molecule has 1 aliphatic heterocycles. The molecular formula is C16H21NO3. The van der Waals surface area contributed by atoms with Gasteiger partial charge >= 0.3 is 0 Å². The molecule has 2 aliphatic rings. The van der Waals surface area contributed by atoms with Crippen LogP contribution in [0.15, 0.2) is 18.2 Å². The highest BCUT2D eigenvalue weighted by atomic mass is 16.5. The number of carbonyl (C=O) groups is 1. The highest BCUT2D eigenvalue weighted by Gasteiger charge is 2.27. The van der Waals surface area contributed by atoms with Crippen molar-refractivity contribution in [3.05, 3.63) is 29.3 Å². The average molecular weight is 275 g/mol. The van der Waals surface area contributed by atoms with Gasteiger partial charge in [0.1, 0.15) is 5.75 Å². The van der Waals surface area contributed by atoms with Gasteiger partial charge in [0, 0.05) is 18.7 Å². The second-order valence-electron chi connectivity index (χ2n) is 5.67. The molecule has 0 bridgehead atoms. The molecule has 0 saturated carbocycles. The average Bonchev–Trinajstić information content (AvgIpc) is 3.09. The Hall–Kier alpha value is -1.55. The minimum atomic E-state index is -0.461. The molecule has 4 nitrogen and oxygen atoms in total. The first-order valence-electron chi connectivity index (χ1n) is 7.42. The van der Waals surface area contributed by atoms with Gasteiger partial charge in [-0.2, -0.15) is 0 Å². The number of rotatable bonds is 3. The molecule has 1 heterocycles. The molecule has 1 saturated heterocycles. The monoisotopic (exact) mass is 275 g/mol. The van der Waals surface area contributed by atoms with Gasteiger partial charge in [0.25, 0.3) is 5.91 Å². The fourth-order valence-electron chi connectivity index (χ4n) is 3.14. The van der Waals surface area contributed by atoms with E-state index in [4.69, 9.17) is 4.74 Å². The Kier molecular flexibility index (Phi) is 3.66. The van der Waals surface area contributed by atoms with Gasteiger partial charge in [-0.05, 0) is 44.2 Å². The summed E-state index contributed by atoms with van der Waals surface area (Å²) in [6, 6.07) is 5.72. The van der Waals surface area contributed by atoms with Gasteiger partial charge in [0.2, 0.25) is 0 Å². The van der Waals surface area contributed by atoms with Gasteiger partial charge < -0.3 is 14.7 Å². The number of amides is 1. The fraction of sp³-hybridized carbons (Fsp3) is 0.562. The summed E-state index contributed by atoms with van der Waals surface area (Å²) in [5.74, 6) is 0.817. The number of hydrogen-bond donors (Lipinski definition) is 1. The van der Waals surface area contributed by atoms with Crippen LogP contribution in [-0.2, 0) is 11.2 Å². The van der Waals surface area contributed by atoms with Gasteiger partial charge in [-0.25, -0.2) is 0 Å². The maximum absolute atomic E-state index is 12.3. The summed E-state index contributed by atoms with van der Waals surface area (Å²) in [5.41, 5.74) is 2.00. The van der Waals surface area contributed by atoms with Crippen molar-refractivity contribution in [1.82, 2.24) is 4.90 Å². The standard InChI is InChI=1S/C16H21NO3/c1-11(16(19)17-9-2-3-10-17)20-15-6-4-5-12-13(15)7-8-14(12)18/h4-6,11,14,18H,2-3,7-10H2,1H3. The molecule has 1 fully saturated rings. The SMILES string of the molecule is CC(Oc1cccc2c1CCC2O)C(=O)N1CCCC1. The van der Waals surface area contributed by atoms with Crippen LogP contribution in [0.25, 0.3) is 0 Å². The van der Waals surface area contributed by atoms with Crippen LogP contribution in [-0.4, -0.2) is 35.1 Å². The number of fused-ring (bicyclic) bond motifs is 1. The van der Waals surface area contributed by atoms with Gasteiger partial charge in [-0.1, -0.05) is 12.1 Å². The molecule has 0 radical (unpaired) electrons. The molecule has 0 aromatic heterocycles. The fourth-order valence-corrected chi connectivity index (χ4v) is 3.14. The molecule has 0 spiro atoms. The first-order chi connectivity index (χ1) is 9.66. The van der Waals surface area contributed by atoms with Crippen LogP contribution < -0.4 is 4.74 Å². The van der Waals surface area contributed by atoms with Crippen molar-refractivity contribution in [1.29, 1.82) is 0 Å². The summed E-state index contributed by atoms with van der Waals surface area (Å²) < 4.78 is 5.88. The van der Waals surface area contributed by atoms with Crippen molar-refractivity contribution in [2.45, 2.75) is 44.8 Å². The molecule has 4 heteroatoms. The van der Waals surface area contributed by atoms with Gasteiger partial charge in [0.05, 0.1) is 6.10 Å². The van der Waals surface area contributed by atoms with E-state index in [2.05, 4.69) is 0 Å². The topological polar surface area (TPSA) is 49.8 Å². The van der Waals surface area contributed by atoms with Crippen LogP contribution in [0.4, 0.5) is 0 Å². The van der Waals surface area contributed by atoms with Crippen LogP contribution in [0, 0.1) is 0 Å². The molecule has 3 rings (SSSR count). The minimum Gasteiger partial charge on any atom is -0.481 e. The number of aliphatic hydroxyl groups is 1. The smallest absolute Gasteiger partial charge is 0.263 e. The van der Waals surface area contributed by atoms with Crippen molar-refractivity contribution in [3.8, 4) is 5.75 Å². The van der Waals surface area contributed by atoms with Crippen molar-refractivity contribution in [2.24, 2.45) is 0 Å². The van der Waals surface area contributed by atoms with E-state index in [-0.39, 0.29) is 5.91 Å². The Morgan fingerprint density at radius 2 is 2.15 bits per heavy atom. The van der Waals surface area contributed by atoms with E-state index >= 15 is 0 Å². The molecule has 1 aromatic rings. The molecule has 108 valence electrons. The van der Waals surface area contributed by atoms with E-state index in [0.29, 0.717) is 0 Å². The predicted molar refractivity (Wildman–Crippen MR) is 75.6 cm³/mol. The summed E-state index contributed by atoms with van der Waals surface area (Å²) in [7, 11) is 0. The second kappa shape index (κ2) is 5.44. The van der Waals surface area contributed by atoms with Crippen LogP contribution in [0.3, 0.4) is 0 Å². The molecule has 2 atom stereocenters. The number of hydrogen-bond acceptors (Lipinski definition) is 3. The summed E-state index contributed by atoms with van der Waals surface area (Å²) in [4.78, 5) is 14.1. The lowest BCUT2D eigenvalue weighted by atomic mass is 10.1. The van der Waals surface area contributed by atoms with Crippen molar-refractivity contribution in [2.75, 3.05) is 13.1 Å². The molecular weight excluding hydrogens is 254 g/mol. The Bertz CT molecular complexity index is 508. The number of aliphatic hydroxyl groups excluding tert-OH is 1. The van der Waals surface area contributed by atoms with E-state index in [9.17, 15) is 9.90 Å². The normalized spacial score (nSPS) is 22.7. The predicted octanol–water partition coefficient (Wildman–Crippen LogP) is 2.06. The lowest BCUT2D eigenvalue weighted by Gasteiger charge is -2.22. The van der Waals surface area contributed by atoms with Gasteiger partial charge in [-0.15, -0.1) is 0 Å². The van der Waals surface area contributed by atoms with E-state index in [1.54, 1.807) is 0 Å². The highest BCUT2D eigenvalue weighted by molar-refractivity contribution is 5.81. The number of carbonyl (C=O) groups excluding carboxylic acids is 1. The maximum atomic E-state index is 12.3. The van der Waals surface area contributed by atoms with E-state index in [0.717, 1.165) is 55.6 Å². The van der Waals surface area contributed by atoms with Gasteiger partial charge in [0.15, 0.2) is 6.10 Å². The molecule has 1 aliphatic carbocycles. The Labute approximate surface area is 119 Å².